The third kappa shape index (κ3) is 14.2. The first-order chi connectivity index (χ1) is 16.0. The monoisotopic (exact) mass is 485 g/mol. The van der Waals surface area contributed by atoms with Gasteiger partial charge in [-0.25, -0.2) is 0 Å². The Hall–Kier alpha value is -2.08. The van der Waals surface area contributed by atoms with Gasteiger partial charge in [0.1, 0.15) is 5.78 Å². The van der Waals surface area contributed by atoms with Crippen LogP contribution in [0.3, 0.4) is 0 Å². The van der Waals surface area contributed by atoms with Gasteiger partial charge >= 0.3 is 11.9 Å². The summed E-state index contributed by atoms with van der Waals surface area (Å²) in [5.74, 6) is -1.86. The van der Waals surface area contributed by atoms with E-state index in [1.54, 1.807) is 0 Å². The molecule has 34 heavy (non-hydrogen) atoms. The molecule has 11 nitrogen and oxygen atoms in total. The molecule has 0 unspecified atom stereocenters. The lowest BCUT2D eigenvalue weighted by Gasteiger charge is -2.33. The number of ketones is 1. The van der Waals surface area contributed by atoms with Crippen LogP contribution in [0.15, 0.2) is 0 Å². The molecule has 11 heteroatoms. The van der Waals surface area contributed by atoms with Crippen LogP contribution in [0.2, 0.25) is 0 Å². The normalized spacial score (nSPS) is 25.1. The summed E-state index contributed by atoms with van der Waals surface area (Å²) in [4.78, 5) is 46.0. The molecule has 1 amide bonds. The summed E-state index contributed by atoms with van der Waals surface area (Å²) in [6.07, 6.45) is 1.52. The van der Waals surface area contributed by atoms with Gasteiger partial charge in [-0.3, -0.25) is 19.2 Å². The number of carbonyl (C=O) groups is 4. The highest BCUT2D eigenvalue weighted by atomic mass is 16.4. The molecule has 0 aromatic rings. The molecule has 0 atom stereocenters. The molecule has 196 valence electrons. The molecule has 0 aliphatic carbocycles. The van der Waals surface area contributed by atoms with E-state index < -0.39 is 17.5 Å². The van der Waals surface area contributed by atoms with Crippen LogP contribution in [0.1, 0.15) is 58.8 Å². The first-order valence-corrected chi connectivity index (χ1v) is 12.1. The number of amides is 1. The van der Waals surface area contributed by atoms with Gasteiger partial charge in [-0.05, 0) is 25.2 Å². The zero-order chi connectivity index (χ0) is 25.5. The summed E-state index contributed by atoms with van der Waals surface area (Å²) >= 11 is 0. The van der Waals surface area contributed by atoms with Gasteiger partial charge in [0, 0.05) is 84.5 Å². The zero-order valence-corrected chi connectivity index (χ0v) is 20.6. The molecule has 1 rings (SSSR count). The second-order valence-corrected chi connectivity index (χ2v) is 9.84. The molecule has 0 aromatic heterocycles. The van der Waals surface area contributed by atoms with Crippen LogP contribution in [0, 0.1) is 5.41 Å². The van der Waals surface area contributed by atoms with Gasteiger partial charge in [0.05, 0.1) is 5.54 Å². The van der Waals surface area contributed by atoms with Crippen LogP contribution in [0.25, 0.3) is 0 Å². The van der Waals surface area contributed by atoms with E-state index in [4.69, 9.17) is 10.2 Å². The molecule has 0 spiro atoms. The minimum atomic E-state index is -0.904. The Kier molecular flexibility index (Phi) is 13.9. The molecule has 0 saturated carbocycles. The number of carboxylic acid groups (broad SMARTS) is 2. The fourth-order valence-corrected chi connectivity index (χ4v) is 4.00. The van der Waals surface area contributed by atoms with Gasteiger partial charge in [0.25, 0.3) is 0 Å². The van der Waals surface area contributed by atoms with Crippen molar-refractivity contribution in [3.63, 3.8) is 0 Å². The molecular formula is C23H43N5O6. The SMILES string of the molecule is CC1(CC(=O)CCCC(=O)O)CNCCNCC(C)(NC(=O)CCCC(=O)O)CNCCNC1. The zero-order valence-electron chi connectivity index (χ0n) is 20.6. The summed E-state index contributed by atoms with van der Waals surface area (Å²) < 4.78 is 0. The van der Waals surface area contributed by atoms with Gasteiger partial charge in [0.2, 0.25) is 5.91 Å². The number of carbonyl (C=O) groups excluding carboxylic acids is 2. The third-order valence-electron chi connectivity index (χ3n) is 5.80. The molecule has 0 bridgehead atoms. The fraction of sp³-hybridized carbons (Fsp3) is 0.826. The van der Waals surface area contributed by atoms with Gasteiger partial charge in [-0.2, -0.15) is 0 Å². The van der Waals surface area contributed by atoms with Crippen LogP contribution in [0.4, 0.5) is 0 Å². The molecule has 1 aliphatic rings. The first-order valence-electron chi connectivity index (χ1n) is 12.1. The second-order valence-electron chi connectivity index (χ2n) is 9.84. The van der Waals surface area contributed by atoms with Gasteiger partial charge in [-0.1, -0.05) is 6.92 Å². The van der Waals surface area contributed by atoms with Crippen molar-refractivity contribution in [2.45, 2.75) is 64.3 Å². The average molecular weight is 486 g/mol. The largest absolute Gasteiger partial charge is 0.481 e. The summed E-state index contributed by atoms with van der Waals surface area (Å²) in [7, 11) is 0. The predicted molar refractivity (Wildman–Crippen MR) is 129 cm³/mol. The lowest BCUT2D eigenvalue weighted by atomic mass is 9.83. The van der Waals surface area contributed by atoms with Crippen LogP contribution in [-0.4, -0.2) is 91.7 Å². The van der Waals surface area contributed by atoms with E-state index in [1.807, 2.05) is 6.92 Å². The lowest BCUT2D eigenvalue weighted by Crippen LogP contribution is -2.59. The lowest BCUT2D eigenvalue weighted by molar-refractivity contribution is -0.138. The maximum Gasteiger partial charge on any atom is 0.303 e. The van der Waals surface area contributed by atoms with Crippen molar-refractivity contribution in [2.24, 2.45) is 5.41 Å². The summed E-state index contributed by atoms with van der Waals surface area (Å²) in [6, 6.07) is 0. The molecule has 1 heterocycles. The molecule has 1 aliphatic heterocycles. The maximum atomic E-state index is 12.4. The third-order valence-corrected chi connectivity index (χ3v) is 5.80. The Labute approximate surface area is 202 Å². The van der Waals surface area contributed by atoms with Gasteiger partial charge in [0.15, 0.2) is 0 Å². The molecule has 1 fully saturated rings. The minimum absolute atomic E-state index is 0.0119. The molecular weight excluding hydrogens is 442 g/mol. The molecule has 7 N–H and O–H groups in total. The van der Waals surface area contributed by atoms with E-state index in [2.05, 4.69) is 33.5 Å². The first kappa shape index (κ1) is 30.0. The van der Waals surface area contributed by atoms with Crippen molar-refractivity contribution >= 4 is 23.6 Å². The molecule has 0 radical (unpaired) electrons. The Morgan fingerprint density at radius 1 is 0.706 bits per heavy atom. The van der Waals surface area contributed by atoms with Crippen LogP contribution < -0.4 is 26.6 Å². The smallest absolute Gasteiger partial charge is 0.303 e. The van der Waals surface area contributed by atoms with Crippen molar-refractivity contribution in [3.8, 4) is 0 Å². The van der Waals surface area contributed by atoms with E-state index >= 15 is 0 Å². The predicted octanol–water partition coefficient (Wildman–Crippen LogP) is -0.291. The second kappa shape index (κ2) is 15.8. The van der Waals surface area contributed by atoms with Crippen molar-refractivity contribution in [1.82, 2.24) is 26.6 Å². The number of carboxylic acids is 2. The minimum Gasteiger partial charge on any atom is -0.481 e. The van der Waals surface area contributed by atoms with Gasteiger partial charge < -0.3 is 36.8 Å². The standard InChI is InChI=1S/C23H43N5O6/c1-22(13-18(29)5-3-7-20(31)32)14-24-9-11-26-16-23(2,17-27-12-10-25-15-22)28-19(30)6-4-8-21(33)34/h24-27H,3-17H2,1-2H3,(H,28,30)(H,31,32)(H,33,34). The van der Waals surface area contributed by atoms with Crippen LogP contribution in [-0.2, 0) is 19.2 Å². The van der Waals surface area contributed by atoms with E-state index in [0.717, 1.165) is 0 Å². The number of aliphatic carboxylic acids is 2. The average Bonchev–Trinajstić information content (AvgIpc) is 2.72. The highest BCUT2D eigenvalue weighted by molar-refractivity contribution is 5.79. The van der Waals surface area contributed by atoms with E-state index in [9.17, 15) is 19.2 Å². The fourth-order valence-electron chi connectivity index (χ4n) is 4.00. The highest BCUT2D eigenvalue weighted by Crippen LogP contribution is 2.21. The van der Waals surface area contributed by atoms with Crippen molar-refractivity contribution in [1.29, 1.82) is 0 Å². The molecule has 0 aromatic carbocycles. The van der Waals surface area contributed by atoms with Gasteiger partial charge in [-0.15, -0.1) is 0 Å². The van der Waals surface area contributed by atoms with E-state index in [-0.39, 0.29) is 42.8 Å². The summed E-state index contributed by atoms with van der Waals surface area (Å²) in [5, 5.41) is 34.1. The number of hydrogen-bond donors (Lipinski definition) is 7. The van der Waals surface area contributed by atoms with Crippen molar-refractivity contribution in [3.05, 3.63) is 0 Å². The Bertz CT molecular complexity index is 600. The number of hydrogen-bond acceptors (Lipinski definition) is 8. The highest BCUT2D eigenvalue weighted by Gasteiger charge is 2.28. The maximum absolute atomic E-state index is 12.4. The van der Waals surface area contributed by atoms with Crippen LogP contribution >= 0.6 is 0 Å². The van der Waals surface area contributed by atoms with E-state index in [1.165, 1.54) is 0 Å². The Morgan fingerprint density at radius 3 is 1.62 bits per heavy atom. The van der Waals surface area contributed by atoms with Crippen molar-refractivity contribution in [2.75, 3.05) is 52.4 Å². The molecule has 1 saturated heterocycles. The number of rotatable bonds is 11. The summed E-state index contributed by atoms with van der Waals surface area (Å²) in [5.41, 5.74) is -0.788. The quantitative estimate of drug-likeness (QED) is 0.206. The number of Topliss-reactive ketones (excluding diaryl/α,β-unsaturated/α-hetero) is 1. The topological polar surface area (TPSA) is 169 Å². The Morgan fingerprint density at radius 2 is 1.15 bits per heavy atom. The van der Waals surface area contributed by atoms with E-state index in [0.29, 0.717) is 71.6 Å². The van der Waals surface area contributed by atoms with Crippen molar-refractivity contribution < 1.29 is 29.4 Å². The number of nitrogens with one attached hydrogen (secondary N) is 5. The van der Waals surface area contributed by atoms with Crippen LogP contribution in [0.5, 0.6) is 0 Å². The summed E-state index contributed by atoms with van der Waals surface area (Å²) in [6.45, 7) is 9.18. The Balaban J connectivity index is 2.54.